The molecule has 21 heavy (non-hydrogen) atoms. The van der Waals surface area contributed by atoms with Crippen LogP contribution < -0.4 is 5.32 Å². The summed E-state index contributed by atoms with van der Waals surface area (Å²) in [7, 11) is 0. The van der Waals surface area contributed by atoms with E-state index in [2.05, 4.69) is 39.9 Å². The molecule has 0 saturated heterocycles. The number of hydrogen-bond donors (Lipinski definition) is 1. The van der Waals surface area contributed by atoms with Crippen molar-refractivity contribution >= 4 is 0 Å². The Labute approximate surface area is 129 Å². The fraction of sp³-hybridized carbons (Fsp3) is 0.667. The van der Waals surface area contributed by atoms with E-state index in [1.54, 1.807) is 0 Å². The monoisotopic (exact) mass is 295 g/mol. The molecule has 0 radical (unpaired) electrons. The Kier molecular flexibility index (Phi) is 7.33. The molecular weight excluding hydrogens is 265 g/mol. The summed E-state index contributed by atoms with van der Waals surface area (Å²) in [5.74, 6) is 0.719. The van der Waals surface area contributed by atoms with Crippen molar-refractivity contribution < 1.29 is 9.13 Å². The summed E-state index contributed by atoms with van der Waals surface area (Å²) in [6.45, 7) is 13.2. The van der Waals surface area contributed by atoms with E-state index in [4.69, 9.17) is 4.74 Å². The Balaban J connectivity index is 2.59. The first kappa shape index (κ1) is 18.1. The minimum atomic E-state index is -0.183. The lowest BCUT2D eigenvalue weighted by molar-refractivity contribution is 0.103. The van der Waals surface area contributed by atoms with Gasteiger partial charge in [0, 0.05) is 25.3 Å². The smallest absolute Gasteiger partial charge is 0.123 e. The van der Waals surface area contributed by atoms with Gasteiger partial charge in [0.25, 0.3) is 0 Å². The lowest BCUT2D eigenvalue weighted by Crippen LogP contribution is -2.38. The maximum Gasteiger partial charge on any atom is 0.123 e. The van der Waals surface area contributed by atoms with Crippen molar-refractivity contribution in [3.63, 3.8) is 0 Å². The topological polar surface area (TPSA) is 21.3 Å². The maximum absolute atomic E-state index is 13.1. The van der Waals surface area contributed by atoms with Gasteiger partial charge in [-0.1, -0.05) is 26.0 Å². The third-order valence-corrected chi connectivity index (χ3v) is 3.28. The minimum absolute atomic E-state index is 0.0804. The Morgan fingerprint density at radius 3 is 2.29 bits per heavy atom. The van der Waals surface area contributed by atoms with Crippen LogP contribution in [0.25, 0.3) is 0 Å². The fourth-order valence-electron chi connectivity index (χ4n) is 2.10. The highest BCUT2D eigenvalue weighted by Crippen LogP contribution is 2.20. The van der Waals surface area contributed by atoms with Crippen LogP contribution >= 0.6 is 0 Å². The van der Waals surface area contributed by atoms with Crippen LogP contribution in [-0.4, -0.2) is 25.3 Å². The molecule has 0 aliphatic carbocycles. The van der Waals surface area contributed by atoms with E-state index in [0.717, 1.165) is 26.2 Å². The highest BCUT2D eigenvalue weighted by Gasteiger charge is 2.16. The Morgan fingerprint density at radius 1 is 1.14 bits per heavy atom. The number of hydrogen-bond acceptors (Lipinski definition) is 2. The molecule has 0 fully saturated rings. The van der Waals surface area contributed by atoms with E-state index >= 15 is 0 Å². The lowest BCUT2D eigenvalue weighted by Gasteiger charge is -2.26. The first-order valence-corrected chi connectivity index (χ1v) is 7.86. The zero-order chi connectivity index (χ0) is 15.9. The van der Waals surface area contributed by atoms with Crippen LogP contribution in [-0.2, 0) is 4.74 Å². The second kappa shape index (κ2) is 8.50. The summed E-state index contributed by atoms with van der Waals surface area (Å²) in [4.78, 5) is 0. The summed E-state index contributed by atoms with van der Waals surface area (Å²) < 4.78 is 18.8. The largest absolute Gasteiger partial charge is 0.381 e. The molecule has 0 spiro atoms. The Morgan fingerprint density at radius 2 is 1.76 bits per heavy atom. The van der Waals surface area contributed by atoms with Crippen LogP contribution in [0.2, 0.25) is 0 Å². The molecule has 1 N–H and O–H groups in total. The maximum atomic E-state index is 13.1. The minimum Gasteiger partial charge on any atom is -0.381 e. The molecule has 0 aliphatic heterocycles. The van der Waals surface area contributed by atoms with E-state index < -0.39 is 0 Å². The molecule has 2 nitrogen and oxygen atoms in total. The average Bonchev–Trinajstić information content (AvgIpc) is 2.38. The van der Waals surface area contributed by atoms with Crippen molar-refractivity contribution in [2.45, 2.75) is 52.5 Å². The standard InChI is InChI=1S/C18H30FNO/c1-14(2)13-21-11-10-16(12-20-18(3,4)5)15-6-8-17(19)9-7-15/h6-9,14,16,20H,10-13H2,1-5H3. The highest BCUT2D eigenvalue weighted by molar-refractivity contribution is 5.21. The van der Waals surface area contributed by atoms with Crippen molar-refractivity contribution in [3.8, 4) is 0 Å². The molecule has 1 atom stereocenters. The van der Waals surface area contributed by atoms with Gasteiger partial charge in [0.2, 0.25) is 0 Å². The van der Waals surface area contributed by atoms with Gasteiger partial charge in [-0.3, -0.25) is 0 Å². The molecule has 0 heterocycles. The van der Waals surface area contributed by atoms with Crippen molar-refractivity contribution in [2.75, 3.05) is 19.8 Å². The quantitative estimate of drug-likeness (QED) is 0.719. The van der Waals surface area contributed by atoms with Crippen LogP contribution in [0.1, 0.15) is 52.5 Å². The van der Waals surface area contributed by atoms with Gasteiger partial charge in [0.05, 0.1) is 0 Å². The molecule has 1 unspecified atom stereocenters. The number of halogens is 1. The van der Waals surface area contributed by atoms with E-state index in [1.165, 1.54) is 17.7 Å². The summed E-state index contributed by atoms with van der Waals surface area (Å²) in [5, 5.41) is 3.54. The van der Waals surface area contributed by atoms with Crippen LogP contribution in [0, 0.1) is 11.7 Å². The second-order valence-electron chi connectivity index (χ2n) is 7.14. The van der Waals surface area contributed by atoms with Crippen LogP contribution in [0.5, 0.6) is 0 Å². The van der Waals surface area contributed by atoms with E-state index in [0.29, 0.717) is 11.8 Å². The third kappa shape index (κ3) is 8.18. The van der Waals surface area contributed by atoms with E-state index in [-0.39, 0.29) is 11.4 Å². The van der Waals surface area contributed by atoms with Gasteiger partial charge in [-0.2, -0.15) is 0 Å². The number of nitrogens with one attached hydrogen (secondary N) is 1. The molecule has 1 rings (SSSR count). The molecule has 0 bridgehead atoms. The number of rotatable bonds is 8. The molecular formula is C18H30FNO. The van der Waals surface area contributed by atoms with Crippen molar-refractivity contribution in [2.24, 2.45) is 5.92 Å². The van der Waals surface area contributed by atoms with Gasteiger partial charge < -0.3 is 10.1 Å². The molecule has 1 aromatic carbocycles. The molecule has 0 saturated carbocycles. The van der Waals surface area contributed by atoms with Gasteiger partial charge in [0.1, 0.15) is 5.82 Å². The van der Waals surface area contributed by atoms with Gasteiger partial charge in [-0.15, -0.1) is 0 Å². The van der Waals surface area contributed by atoms with Crippen LogP contribution in [0.4, 0.5) is 4.39 Å². The summed E-state index contributed by atoms with van der Waals surface area (Å²) in [5.41, 5.74) is 1.25. The molecule has 0 amide bonds. The molecule has 0 aromatic heterocycles. The van der Waals surface area contributed by atoms with Gasteiger partial charge in [-0.25, -0.2) is 4.39 Å². The summed E-state index contributed by atoms with van der Waals surface area (Å²) in [6.07, 6.45) is 0.946. The summed E-state index contributed by atoms with van der Waals surface area (Å²) in [6, 6.07) is 6.84. The van der Waals surface area contributed by atoms with Crippen LogP contribution in [0.15, 0.2) is 24.3 Å². The molecule has 1 aromatic rings. The van der Waals surface area contributed by atoms with E-state index in [9.17, 15) is 4.39 Å². The zero-order valence-corrected chi connectivity index (χ0v) is 14.1. The van der Waals surface area contributed by atoms with Crippen molar-refractivity contribution in [1.29, 1.82) is 0 Å². The van der Waals surface area contributed by atoms with E-state index in [1.807, 2.05) is 12.1 Å². The Bertz CT molecular complexity index is 395. The van der Waals surface area contributed by atoms with Crippen LogP contribution in [0.3, 0.4) is 0 Å². The third-order valence-electron chi connectivity index (χ3n) is 3.28. The Hall–Kier alpha value is -0.930. The van der Waals surface area contributed by atoms with Gasteiger partial charge in [-0.05, 0) is 56.7 Å². The lowest BCUT2D eigenvalue weighted by atomic mass is 9.94. The number of benzene rings is 1. The summed E-state index contributed by atoms with van der Waals surface area (Å²) >= 11 is 0. The SMILES string of the molecule is CC(C)COCCC(CNC(C)(C)C)c1ccc(F)cc1. The first-order chi connectivity index (χ1) is 9.78. The molecule has 3 heteroatoms. The average molecular weight is 295 g/mol. The fourth-order valence-corrected chi connectivity index (χ4v) is 2.10. The van der Waals surface area contributed by atoms with Gasteiger partial charge >= 0.3 is 0 Å². The normalized spacial score (nSPS) is 13.7. The van der Waals surface area contributed by atoms with Gasteiger partial charge in [0.15, 0.2) is 0 Å². The predicted molar refractivity (Wildman–Crippen MR) is 87.2 cm³/mol. The number of ether oxygens (including phenoxy) is 1. The second-order valence-corrected chi connectivity index (χ2v) is 7.14. The molecule has 120 valence electrons. The first-order valence-electron chi connectivity index (χ1n) is 7.86. The van der Waals surface area contributed by atoms with Crippen molar-refractivity contribution in [3.05, 3.63) is 35.6 Å². The highest BCUT2D eigenvalue weighted by atomic mass is 19.1. The zero-order valence-electron chi connectivity index (χ0n) is 14.1. The molecule has 0 aliphatic rings. The predicted octanol–water partition coefficient (Wildman–Crippen LogP) is 4.36. The van der Waals surface area contributed by atoms with Crippen molar-refractivity contribution in [1.82, 2.24) is 5.32 Å².